The Morgan fingerprint density at radius 3 is 2.50 bits per heavy atom. The van der Waals surface area contributed by atoms with Crippen LogP contribution < -0.4 is 11.1 Å². The predicted molar refractivity (Wildman–Crippen MR) is 48.9 cm³/mol. The molecule has 61 valence electrons. The van der Waals surface area contributed by atoms with Crippen molar-refractivity contribution in [2.45, 2.75) is 0 Å². The molecule has 0 bridgehead atoms. The van der Waals surface area contributed by atoms with Crippen LogP contribution in [0.4, 0.5) is 5.69 Å². The van der Waals surface area contributed by atoms with Crippen LogP contribution in [0.15, 0.2) is 24.3 Å². The van der Waals surface area contributed by atoms with Gasteiger partial charge in [0, 0.05) is 0 Å². The number of hydrogen-bond donors (Lipinski definition) is 2. The van der Waals surface area contributed by atoms with Gasteiger partial charge in [-0.1, -0.05) is 0 Å². The van der Waals surface area contributed by atoms with Crippen molar-refractivity contribution in [1.29, 1.82) is 0 Å². The van der Waals surface area contributed by atoms with E-state index < -0.39 is 0 Å². The molecule has 0 aliphatic carbocycles. The molecule has 0 aliphatic heterocycles. The molecule has 12 heavy (non-hydrogen) atoms. The van der Waals surface area contributed by atoms with E-state index in [-0.39, 0.29) is 5.91 Å². The molecule has 0 fully saturated rings. The van der Waals surface area contributed by atoms with Crippen LogP contribution in [0.2, 0.25) is 0 Å². The normalized spacial score (nSPS) is 9.42. The van der Waals surface area contributed by atoms with Crippen molar-refractivity contribution in [3.05, 3.63) is 29.8 Å². The Bertz CT molecular complexity index is 271. The number of benzene rings is 1. The Balaban J connectivity index is 2.75. The van der Waals surface area contributed by atoms with Gasteiger partial charge in [-0.05, 0) is 0 Å². The van der Waals surface area contributed by atoms with Gasteiger partial charge in [0.25, 0.3) is 0 Å². The number of nitrogens with one attached hydrogen (secondary N) is 1. The van der Waals surface area contributed by atoms with Gasteiger partial charge >= 0.3 is 84.4 Å². The molecule has 0 aliphatic rings. The van der Waals surface area contributed by atoms with Crippen LogP contribution in [0.25, 0.3) is 0 Å². The summed E-state index contributed by atoms with van der Waals surface area (Å²) in [6.45, 7) is 0. The van der Waals surface area contributed by atoms with Crippen molar-refractivity contribution in [1.82, 2.24) is 5.32 Å². The maximum absolute atomic E-state index is 11.2. The monoisotopic (exact) mass is 269 g/mol. The van der Waals surface area contributed by atoms with Crippen molar-refractivity contribution in [2.24, 2.45) is 0 Å². The quantitative estimate of drug-likeness (QED) is 0.591. The van der Waals surface area contributed by atoms with E-state index in [0.717, 1.165) is 4.56 Å². The first-order chi connectivity index (χ1) is 5.74. The van der Waals surface area contributed by atoms with Crippen LogP contribution in [-0.4, -0.2) is 33.0 Å². The average molecular weight is 268 g/mol. The van der Waals surface area contributed by atoms with E-state index in [4.69, 9.17) is 5.73 Å². The van der Waals surface area contributed by atoms with Crippen LogP contribution in [0.3, 0.4) is 0 Å². The summed E-state index contributed by atoms with van der Waals surface area (Å²) in [5.41, 5.74) is 6.81. The molecule has 3 radical (unpaired) electrons. The summed E-state index contributed by atoms with van der Waals surface area (Å²) in [6.07, 6.45) is 0. The molecule has 3 nitrogen and oxygen atoms in total. The van der Waals surface area contributed by atoms with E-state index in [1.807, 2.05) is 0 Å². The zero-order valence-electron chi connectivity index (χ0n) is 6.50. The zero-order chi connectivity index (χ0) is 8.97. The van der Waals surface area contributed by atoms with Crippen LogP contribution in [0.1, 0.15) is 10.4 Å². The molecule has 0 spiro atoms. The first-order valence-electron chi connectivity index (χ1n) is 3.52. The summed E-state index contributed by atoms with van der Waals surface area (Å²) in [6, 6.07) is 6.88. The number of anilines is 1. The van der Waals surface area contributed by atoms with E-state index in [1.54, 1.807) is 24.3 Å². The molecule has 0 saturated heterocycles. The van der Waals surface area contributed by atoms with Crippen LogP contribution in [-0.2, 0) is 0 Å². The average Bonchev–Trinajstić information content (AvgIpc) is 2.06. The van der Waals surface area contributed by atoms with Gasteiger partial charge in [-0.3, -0.25) is 0 Å². The van der Waals surface area contributed by atoms with Crippen molar-refractivity contribution in [2.75, 3.05) is 10.3 Å². The van der Waals surface area contributed by atoms with Crippen molar-refractivity contribution in [3.8, 4) is 0 Å². The van der Waals surface area contributed by atoms with E-state index in [1.165, 1.54) is 22.5 Å². The fourth-order valence-corrected chi connectivity index (χ4v) is 1.28. The third-order valence-corrected chi connectivity index (χ3v) is 1.93. The molecule has 1 aromatic carbocycles. The van der Waals surface area contributed by atoms with Crippen molar-refractivity contribution < 1.29 is 4.79 Å². The third-order valence-electron chi connectivity index (χ3n) is 1.42. The molecule has 1 aromatic rings. The molecule has 0 heterocycles. The molecular formula is C8H9N2OSn. The van der Waals surface area contributed by atoms with Gasteiger partial charge in [-0.25, -0.2) is 0 Å². The number of rotatable bonds is 2. The predicted octanol–water partition coefficient (Wildman–Crippen LogP) is 0.125. The summed E-state index contributed by atoms with van der Waals surface area (Å²) in [5, 5.41) is 2.74. The third kappa shape index (κ3) is 2.41. The molecule has 1 rings (SSSR count). The second-order valence-electron chi connectivity index (χ2n) is 2.30. The number of nitrogen functional groups attached to an aromatic ring is 1. The van der Waals surface area contributed by atoms with Gasteiger partial charge < -0.3 is 0 Å². The van der Waals surface area contributed by atoms with Crippen LogP contribution in [0, 0.1) is 0 Å². The minimum absolute atomic E-state index is 0.0354. The first kappa shape index (κ1) is 9.38. The second-order valence-corrected chi connectivity index (χ2v) is 3.31. The first-order valence-corrected chi connectivity index (χ1v) is 5.54. The topological polar surface area (TPSA) is 55.1 Å². The van der Waals surface area contributed by atoms with Gasteiger partial charge in [-0.15, -0.1) is 0 Å². The SMILES string of the molecule is Nc1ccc(C(=O)N[CH2][Sn])cc1. The number of carbonyl (C=O) groups excluding carboxylic acids is 1. The maximum atomic E-state index is 11.2. The fraction of sp³-hybridized carbons (Fsp3) is 0.125. The number of hydrogen-bond acceptors (Lipinski definition) is 2. The summed E-state index contributed by atoms with van der Waals surface area (Å²) in [7, 11) is 0. The Morgan fingerprint density at radius 2 is 2.00 bits per heavy atom. The van der Waals surface area contributed by atoms with Gasteiger partial charge in [-0.2, -0.15) is 0 Å². The molecule has 4 heteroatoms. The summed E-state index contributed by atoms with van der Waals surface area (Å²) in [4.78, 5) is 11.2. The fourth-order valence-electron chi connectivity index (χ4n) is 0.817. The van der Waals surface area contributed by atoms with E-state index >= 15 is 0 Å². The van der Waals surface area contributed by atoms with Gasteiger partial charge in [0.15, 0.2) is 0 Å². The summed E-state index contributed by atoms with van der Waals surface area (Å²) < 4.78 is 0.732. The van der Waals surface area contributed by atoms with Crippen LogP contribution in [0.5, 0.6) is 0 Å². The molecule has 0 atom stereocenters. The Kier molecular flexibility index (Phi) is 3.40. The number of amides is 1. The van der Waals surface area contributed by atoms with Gasteiger partial charge in [0.2, 0.25) is 0 Å². The van der Waals surface area contributed by atoms with Crippen LogP contribution >= 0.6 is 0 Å². The zero-order valence-corrected chi connectivity index (χ0v) is 9.36. The molecule has 0 saturated carbocycles. The number of nitrogens with two attached hydrogens (primary N) is 1. The Hall–Kier alpha value is -0.711. The molecule has 1 amide bonds. The van der Waals surface area contributed by atoms with Gasteiger partial charge in [0.1, 0.15) is 0 Å². The van der Waals surface area contributed by atoms with Crippen molar-refractivity contribution in [3.63, 3.8) is 0 Å². The minimum atomic E-state index is -0.0354. The second kappa shape index (κ2) is 4.35. The molecule has 0 unspecified atom stereocenters. The molecule has 3 N–H and O–H groups in total. The Labute approximate surface area is 84.4 Å². The number of carbonyl (C=O) groups is 1. The summed E-state index contributed by atoms with van der Waals surface area (Å²) >= 11 is 1.30. The summed E-state index contributed by atoms with van der Waals surface area (Å²) in [5.74, 6) is -0.0354. The van der Waals surface area contributed by atoms with E-state index in [2.05, 4.69) is 5.32 Å². The molecular weight excluding hydrogens is 259 g/mol. The molecule has 0 aromatic heterocycles. The van der Waals surface area contributed by atoms with E-state index in [9.17, 15) is 4.79 Å². The van der Waals surface area contributed by atoms with Gasteiger partial charge in [0.05, 0.1) is 0 Å². The Morgan fingerprint density at radius 1 is 1.42 bits per heavy atom. The standard InChI is InChI=1S/C8H9N2O.Sn/c1-10-8(11)6-2-4-7(9)5-3-6;/h2-5H,1,9H2,(H,10,11);. The van der Waals surface area contributed by atoms with Crippen molar-refractivity contribution >= 4 is 34.1 Å². The van der Waals surface area contributed by atoms with E-state index in [0.29, 0.717) is 11.3 Å².